The van der Waals surface area contributed by atoms with E-state index >= 15 is 0 Å². The highest BCUT2D eigenvalue weighted by Gasteiger charge is 2.35. The summed E-state index contributed by atoms with van der Waals surface area (Å²) >= 11 is 0. The van der Waals surface area contributed by atoms with E-state index in [1.54, 1.807) is 0 Å². The molecule has 0 aliphatic carbocycles. The molecule has 3 aliphatic heterocycles. The Morgan fingerprint density at radius 1 is 1.09 bits per heavy atom. The SMILES string of the molecule is O=C1CCCN1C1CCN(c2nnc(Cn3ccc4ccccc43)n2CC2CCOC2)C1. The Morgan fingerprint density at radius 2 is 2.03 bits per heavy atom. The number of likely N-dealkylation sites (tertiary alicyclic amines) is 1. The fraction of sp³-hybridized carbons (Fsp3) is 0.542. The van der Waals surface area contributed by atoms with Gasteiger partial charge in [0.25, 0.3) is 0 Å². The molecular weight excluding hydrogens is 404 g/mol. The summed E-state index contributed by atoms with van der Waals surface area (Å²) < 4.78 is 10.2. The van der Waals surface area contributed by atoms with Crippen LogP contribution in [0, 0.1) is 5.92 Å². The molecule has 3 aromatic rings. The summed E-state index contributed by atoms with van der Waals surface area (Å²) in [4.78, 5) is 16.7. The fourth-order valence-corrected chi connectivity index (χ4v) is 5.51. The third kappa shape index (κ3) is 3.56. The number of ether oxygens (including phenoxy) is 1. The van der Waals surface area contributed by atoms with Gasteiger partial charge in [-0.3, -0.25) is 9.36 Å². The van der Waals surface area contributed by atoms with Crippen LogP contribution in [-0.2, 0) is 22.6 Å². The van der Waals surface area contributed by atoms with E-state index in [1.807, 2.05) is 0 Å². The molecule has 3 aliphatic rings. The smallest absolute Gasteiger partial charge is 0.227 e. The standard InChI is InChI=1S/C24H30N6O2/c31-23-6-3-10-29(23)20-8-12-28(15-20)24-26-25-22(30(24)14-18-9-13-32-17-18)16-27-11-7-19-4-1-2-5-21(19)27/h1-2,4-5,7,11,18,20H,3,6,8-10,12-17H2. The van der Waals surface area contributed by atoms with Crippen LogP contribution in [0.25, 0.3) is 10.9 Å². The second-order valence-electron chi connectivity index (χ2n) is 9.34. The Labute approximate surface area is 187 Å². The zero-order valence-corrected chi connectivity index (χ0v) is 18.4. The molecule has 8 nitrogen and oxygen atoms in total. The zero-order valence-electron chi connectivity index (χ0n) is 18.4. The number of benzene rings is 1. The molecule has 0 bridgehead atoms. The molecular formula is C24H30N6O2. The summed E-state index contributed by atoms with van der Waals surface area (Å²) in [5, 5.41) is 10.5. The van der Waals surface area contributed by atoms with Crippen LogP contribution in [0.5, 0.6) is 0 Å². The minimum absolute atomic E-state index is 0.293. The van der Waals surface area contributed by atoms with Crippen molar-refractivity contribution in [3.63, 3.8) is 0 Å². The number of carbonyl (C=O) groups excluding carboxylic acids is 1. The average molecular weight is 435 g/mol. The van der Waals surface area contributed by atoms with Gasteiger partial charge in [-0.15, -0.1) is 10.2 Å². The molecule has 2 aromatic heterocycles. The van der Waals surface area contributed by atoms with Crippen LogP contribution >= 0.6 is 0 Å². The second-order valence-corrected chi connectivity index (χ2v) is 9.34. The highest BCUT2D eigenvalue weighted by molar-refractivity contribution is 5.80. The normalized spacial score (nSPS) is 23.8. The maximum atomic E-state index is 12.2. The number of rotatable bonds is 6. The Morgan fingerprint density at radius 3 is 2.88 bits per heavy atom. The molecule has 1 amide bonds. The van der Waals surface area contributed by atoms with Crippen LogP contribution < -0.4 is 4.90 Å². The van der Waals surface area contributed by atoms with Crippen molar-refractivity contribution in [2.45, 2.75) is 44.8 Å². The van der Waals surface area contributed by atoms with Crippen molar-refractivity contribution in [1.29, 1.82) is 0 Å². The summed E-state index contributed by atoms with van der Waals surface area (Å²) in [6, 6.07) is 10.9. The van der Waals surface area contributed by atoms with Gasteiger partial charge in [0.2, 0.25) is 11.9 Å². The lowest BCUT2D eigenvalue weighted by Crippen LogP contribution is -2.38. The number of aromatic nitrogens is 4. The summed E-state index contributed by atoms with van der Waals surface area (Å²) in [7, 11) is 0. The van der Waals surface area contributed by atoms with Gasteiger partial charge in [0.05, 0.1) is 19.2 Å². The topological polar surface area (TPSA) is 68.4 Å². The number of nitrogens with zero attached hydrogens (tertiary/aromatic N) is 6. The largest absolute Gasteiger partial charge is 0.381 e. The lowest BCUT2D eigenvalue weighted by Gasteiger charge is -2.25. The maximum Gasteiger partial charge on any atom is 0.227 e. The van der Waals surface area contributed by atoms with E-state index in [0.29, 0.717) is 30.8 Å². The van der Waals surface area contributed by atoms with Crippen molar-refractivity contribution in [2.75, 3.05) is 37.7 Å². The maximum absolute atomic E-state index is 12.2. The highest BCUT2D eigenvalue weighted by Crippen LogP contribution is 2.28. The molecule has 0 saturated carbocycles. The van der Waals surface area contributed by atoms with Gasteiger partial charge in [-0.25, -0.2) is 0 Å². The van der Waals surface area contributed by atoms with Crippen molar-refractivity contribution in [3.8, 4) is 0 Å². The number of anilines is 1. The van der Waals surface area contributed by atoms with E-state index in [2.05, 4.69) is 65.7 Å². The molecule has 0 spiro atoms. The highest BCUT2D eigenvalue weighted by atomic mass is 16.5. The first-order valence-corrected chi connectivity index (χ1v) is 11.8. The lowest BCUT2D eigenvalue weighted by atomic mass is 10.1. The summed E-state index contributed by atoms with van der Waals surface area (Å²) in [5.74, 6) is 2.72. The molecule has 0 N–H and O–H groups in total. The Hall–Kier alpha value is -2.87. The average Bonchev–Trinajstić information content (AvgIpc) is 3.61. The van der Waals surface area contributed by atoms with E-state index in [-0.39, 0.29) is 0 Å². The summed E-state index contributed by atoms with van der Waals surface area (Å²) in [6.07, 6.45) is 5.90. The van der Waals surface area contributed by atoms with Crippen LogP contribution in [0.15, 0.2) is 36.5 Å². The lowest BCUT2D eigenvalue weighted by molar-refractivity contribution is -0.129. The quantitative estimate of drug-likeness (QED) is 0.596. The molecule has 6 rings (SSSR count). The van der Waals surface area contributed by atoms with Gasteiger partial charge in [-0.05, 0) is 36.8 Å². The van der Waals surface area contributed by atoms with Crippen LogP contribution in [-0.4, -0.2) is 69.0 Å². The molecule has 3 fully saturated rings. The van der Waals surface area contributed by atoms with Crippen LogP contribution in [0.1, 0.15) is 31.5 Å². The number of para-hydroxylation sites is 1. The number of hydrogen-bond donors (Lipinski definition) is 0. The molecule has 1 aromatic carbocycles. The van der Waals surface area contributed by atoms with Gasteiger partial charge in [0, 0.05) is 56.8 Å². The van der Waals surface area contributed by atoms with Gasteiger partial charge in [-0.1, -0.05) is 18.2 Å². The van der Waals surface area contributed by atoms with Gasteiger partial charge >= 0.3 is 0 Å². The van der Waals surface area contributed by atoms with Crippen molar-refractivity contribution in [1.82, 2.24) is 24.2 Å². The van der Waals surface area contributed by atoms with Gasteiger partial charge < -0.3 is 19.1 Å². The Kier molecular flexibility index (Phi) is 5.09. The summed E-state index contributed by atoms with van der Waals surface area (Å²) in [6.45, 7) is 5.86. The Bertz CT molecular complexity index is 1110. The predicted molar refractivity (Wildman–Crippen MR) is 122 cm³/mol. The molecule has 0 radical (unpaired) electrons. The van der Waals surface area contributed by atoms with Gasteiger partial charge in [0.1, 0.15) is 0 Å². The molecule has 3 saturated heterocycles. The third-order valence-corrected chi connectivity index (χ3v) is 7.26. The Balaban J connectivity index is 1.28. The van der Waals surface area contributed by atoms with E-state index in [1.165, 1.54) is 10.9 Å². The molecule has 168 valence electrons. The zero-order chi connectivity index (χ0) is 21.5. The molecule has 2 atom stereocenters. The van der Waals surface area contributed by atoms with Crippen molar-refractivity contribution >= 4 is 22.8 Å². The number of amides is 1. The van der Waals surface area contributed by atoms with E-state index in [0.717, 1.165) is 70.4 Å². The first-order chi connectivity index (χ1) is 15.8. The minimum atomic E-state index is 0.293. The number of carbonyl (C=O) groups is 1. The summed E-state index contributed by atoms with van der Waals surface area (Å²) in [5.41, 5.74) is 1.21. The first kappa shape index (κ1) is 19.8. The predicted octanol–water partition coefficient (Wildman–Crippen LogP) is 2.52. The third-order valence-electron chi connectivity index (χ3n) is 7.26. The number of fused-ring (bicyclic) bond motifs is 1. The van der Waals surface area contributed by atoms with Gasteiger partial charge in [0.15, 0.2) is 5.82 Å². The molecule has 32 heavy (non-hydrogen) atoms. The number of hydrogen-bond acceptors (Lipinski definition) is 5. The monoisotopic (exact) mass is 434 g/mol. The van der Waals surface area contributed by atoms with E-state index < -0.39 is 0 Å². The van der Waals surface area contributed by atoms with Crippen LogP contribution in [0.4, 0.5) is 5.95 Å². The van der Waals surface area contributed by atoms with Crippen molar-refractivity contribution in [3.05, 3.63) is 42.4 Å². The molecule has 5 heterocycles. The van der Waals surface area contributed by atoms with Gasteiger partial charge in [-0.2, -0.15) is 0 Å². The van der Waals surface area contributed by atoms with Crippen molar-refractivity contribution in [2.24, 2.45) is 5.92 Å². The minimum Gasteiger partial charge on any atom is -0.381 e. The molecule has 2 unspecified atom stereocenters. The van der Waals surface area contributed by atoms with Crippen molar-refractivity contribution < 1.29 is 9.53 Å². The second kappa shape index (κ2) is 8.24. The molecule has 8 heteroatoms. The van der Waals surface area contributed by atoms with E-state index in [4.69, 9.17) is 4.74 Å². The fourth-order valence-electron chi connectivity index (χ4n) is 5.51. The van der Waals surface area contributed by atoms with Crippen LogP contribution in [0.3, 0.4) is 0 Å². The van der Waals surface area contributed by atoms with Crippen LogP contribution in [0.2, 0.25) is 0 Å². The van der Waals surface area contributed by atoms with E-state index in [9.17, 15) is 4.79 Å². The first-order valence-electron chi connectivity index (χ1n) is 11.8.